The number of rotatable bonds is 6. The Morgan fingerprint density at radius 3 is 2.41 bits per heavy atom. The van der Waals surface area contributed by atoms with E-state index in [1.54, 1.807) is 4.90 Å². The summed E-state index contributed by atoms with van der Waals surface area (Å²) in [6.07, 6.45) is 1.91. The predicted octanol–water partition coefficient (Wildman–Crippen LogP) is 5.66. The summed E-state index contributed by atoms with van der Waals surface area (Å²) in [5, 5.41) is 0.768. The largest absolute Gasteiger partial charge is 0.488 e. The maximum atomic E-state index is 13.0. The van der Waals surface area contributed by atoms with Gasteiger partial charge in [-0.15, -0.1) is 0 Å². The first kappa shape index (κ1) is 21.2. The zero-order valence-corrected chi connectivity index (χ0v) is 18.5. The molecule has 0 saturated carbocycles. The minimum absolute atomic E-state index is 0.00209. The number of hydrogen-bond donors (Lipinski definition) is 0. The van der Waals surface area contributed by atoms with E-state index in [4.69, 9.17) is 4.74 Å². The summed E-state index contributed by atoms with van der Waals surface area (Å²) in [5.74, 6) is 0.761. The van der Waals surface area contributed by atoms with Gasteiger partial charge in [-0.1, -0.05) is 48.0 Å². The topological polar surface area (TPSA) is 41.9 Å². The van der Waals surface area contributed by atoms with Crippen molar-refractivity contribution in [1.82, 2.24) is 4.90 Å². The van der Waals surface area contributed by atoms with Gasteiger partial charge < -0.3 is 4.74 Å². The fourth-order valence-electron chi connectivity index (χ4n) is 2.97. The average Bonchev–Trinajstić information content (AvgIpc) is 2.96. The molecule has 152 valence electrons. The first-order valence-electron chi connectivity index (χ1n) is 9.93. The molecule has 1 saturated heterocycles. The molecule has 0 aromatic heterocycles. The van der Waals surface area contributed by atoms with E-state index in [9.17, 15) is 4.79 Å². The highest BCUT2D eigenvalue weighted by atomic mass is 32.2. The van der Waals surface area contributed by atoms with Gasteiger partial charge in [0.2, 0.25) is 0 Å². The predicted molar refractivity (Wildman–Crippen MR) is 122 cm³/mol. The van der Waals surface area contributed by atoms with Crippen LogP contribution in [0.4, 0.5) is 0 Å². The highest BCUT2D eigenvalue weighted by molar-refractivity contribution is 8.18. The molecule has 0 aliphatic carbocycles. The molecule has 0 unspecified atom stereocenters. The Morgan fingerprint density at radius 2 is 1.76 bits per heavy atom. The quantitative estimate of drug-likeness (QED) is 0.579. The molecule has 0 bridgehead atoms. The van der Waals surface area contributed by atoms with Crippen LogP contribution in [0.25, 0.3) is 6.08 Å². The molecule has 1 aliphatic rings. The van der Waals surface area contributed by atoms with Crippen molar-refractivity contribution in [2.75, 3.05) is 0 Å². The van der Waals surface area contributed by atoms with E-state index in [0.717, 1.165) is 22.0 Å². The molecule has 1 amide bonds. The van der Waals surface area contributed by atoms with E-state index < -0.39 is 0 Å². The van der Waals surface area contributed by atoms with Crippen molar-refractivity contribution in [3.05, 3.63) is 70.1 Å². The van der Waals surface area contributed by atoms with E-state index in [1.165, 1.54) is 17.3 Å². The minimum atomic E-state index is -0.00209. The summed E-state index contributed by atoms with van der Waals surface area (Å²) < 4.78 is 6.07. The van der Waals surface area contributed by atoms with Gasteiger partial charge in [-0.3, -0.25) is 14.7 Å². The second-order valence-electron chi connectivity index (χ2n) is 7.70. The molecule has 5 heteroatoms. The van der Waals surface area contributed by atoms with Crippen molar-refractivity contribution in [2.24, 2.45) is 4.99 Å². The maximum Gasteiger partial charge on any atom is 0.266 e. The number of benzene rings is 2. The molecule has 1 aliphatic heterocycles. The lowest BCUT2D eigenvalue weighted by atomic mass is 10.1. The standard InChI is InChI=1S/C24H28N2O2S/c1-16(2)25-24-26(17(3)4)23(27)22(29-24)14-20-8-6-7-9-21(20)28-15-19-12-10-18(5)11-13-19/h6-14,16-17H,15H2,1-5H3/b22-14+,25-24?. The van der Waals surface area contributed by atoms with Crippen LogP contribution in [0.2, 0.25) is 0 Å². The van der Waals surface area contributed by atoms with Crippen LogP contribution in [0.3, 0.4) is 0 Å². The van der Waals surface area contributed by atoms with Crippen LogP contribution in [0.1, 0.15) is 44.4 Å². The number of amides is 1. The van der Waals surface area contributed by atoms with Gasteiger partial charge in [0.15, 0.2) is 5.17 Å². The highest BCUT2D eigenvalue weighted by Crippen LogP contribution is 2.35. The molecule has 4 nitrogen and oxygen atoms in total. The number of para-hydroxylation sites is 1. The van der Waals surface area contributed by atoms with Gasteiger partial charge in [0.05, 0.1) is 4.91 Å². The molecule has 1 fully saturated rings. The summed E-state index contributed by atoms with van der Waals surface area (Å²) in [5.41, 5.74) is 3.23. The lowest BCUT2D eigenvalue weighted by Crippen LogP contribution is -2.35. The van der Waals surface area contributed by atoms with Crippen molar-refractivity contribution in [3.8, 4) is 5.75 Å². The highest BCUT2D eigenvalue weighted by Gasteiger charge is 2.35. The van der Waals surface area contributed by atoms with Crippen LogP contribution >= 0.6 is 11.8 Å². The molecule has 0 spiro atoms. The molecular formula is C24H28N2O2S. The molecule has 29 heavy (non-hydrogen) atoms. The SMILES string of the molecule is Cc1ccc(COc2ccccc2/C=C2/SC(=NC(C)C)N(C(C)C)C2=O)cc1. The zero-order valence-electron chi connectivity index (χ0n) is 17.7. The molecule has 3 rings (SSSR count). The number of amidine groups is 1. The van der Waals surface area contributed by atoms with Crippen LogP contribution in [-0.2, 0) is 11.4 Å². The Kier molecular flexibility index (Phi) is 6.80. The van der Waals surface area contributed by atoms with Gasteiger partial charge in [0.1, 0.15) is 12.4 Å². The van der Waals surface area contributed by atoms with Gasteiger partial charge >= 0.3 is 0 Å². The van der Waals surface area contributed by atoms with Gasteiger partial charge in [-0.25, -0.2) is 0 Å². The van der Waals surface area contributed by atoms with E-state index in [2.05, 4.69) is 36.2 Å². The smallest absolute Gasteiger partial charge is 0.266 e. The van der Waals surface area contributed by atoms with Gasteiger partial charge in [0.25, 0.3) is 5.91 Å². The third kappa shape index (κ3) is 5.30. The summed E-state index contributed by atoms with van der Waals surface area (Å²) in [6, 6.07) is 16.3. The Morgan fingerprint density at radius 1 is 1.07 bits per heavy atom. The molecule has 0 radical (unpaired) electrons. The van der Waals surface area contributed by atoms with Gasteiger partial charge in [-0.2, -0.15) is 0 Å². The van der Waals surface area contributed by atoms with Gasteiger partial charge in [0, 0.05) is 17.6 Å². The molecule has 2 aromatic carbocycles. The maximum absolute atomic E-state index is 13.0. The molecule has 1 heterocycles. The number of nitrogens with zero attached hydrogens (tertiary/aromatic N) is 2. The van der Waals surface area contributed by atoms with Crippen LogP contribution in [-0.4, -0.2) is 28.1 Å². The Balaban J connectivity index is 1.84. The number of thioether (sulfide) groups is 1. The summed E-state index contributed by atoms with van der Waals surface area (Å²) >= 11 is 1.44. The fraction of sp³-hybridized carbons (Fsp3) is 0.333. The number of carbonyl (C=O) groups is 1. The van der Waals surface area contributed by atoms with E-state index in [0.29, 0.717) is 11.5 Å². The number of ether oxygens (including phenoxy) is 1. The fourth-order valence-corrected chi connectivity index (χ4v) is 4.19. The zero-order chi connectivity index (χ0) is 21.0. The number of aliphatic imine (C=N–C) groups is 1. The van der Waals surface area contributed by atoms with E-state index in [1.807, 2.05) is 58.0 Å². The van der Waals surface area contributed by atoms with Gasteiger partial charge in [-0.05, 0) is 64.1 Å². The second kappa shape index (κ2) is 9.31. The Hall–Kier alpha value is -2.53. The van der Waals surface area contributed by atoms with Crippen molar-refractivity contribution in [2.45, 2.75) is 53.3 Å². The third-order valence-corrected chi connectivity index (χ3v) is 5.44. The minimum Gasteiger partial charge on any atom is -0.488 e. The summed E-state index contributed by atoms with van der Waals surface area (Å²) in [4.78, 5) is 20.1. The van der Waals surface area contributed by atoms with Crippen LogP contribution < -0.4 is 4.74 Å². The van der Waals surface area contributed by atoms with Crippen LogP contribution in [0.5, 0.6) is 5.75 Å². The van der Waals surface area contributed by atoms with Crippen molar-refractivity contribution < 1.29 is 9.53 Å². The Bertz CT molecular complexity index is 930. The first-order chi connectivity index (χ1) is 13.8. The van der Waals surface area contributed by atoms with Crippen molar-refractivity contribution in [3.63, 3.8) is 0 Å². The lowest BCUT2D eigenvalue weighted by Gasteiger charge is -2.20. The molecule has 0 atom stereocenters. The van der Waals surface area contributed by atoms with Crippen molar-refractivity contribution >= 4 is 28.9 Å². The molecular weight excluding hydrogens is 380 g/mol. The molecule has 2 aromatic rings. The number of hydrogen-bond acceptors (Lipinski definition) is 4. The number of carbonyl (C=O) groups excluding carboxylic acids is 1. The summed E-state index contributed by atoms with van der Waals surface area (Å²) in [7, 11) is 0. The molecule has 0 N–H and O–H groups in total. The second-order valence-corrected chi connectivity index (χ2v) is 8.71. The summed E-state index contributed by atoms with van der Waals surface area (Å²) in [6.45, 7) is 10.6. The Labute approximate surface area is 177 Å². The van der Waals surface area contributed by atoms with E-state index >= 15 is 0 Å². The van der Waals surface area contributed by atoms with Crippen LogP contribution in [0.15, 0.2) is 58.4 Å². The lowest BCUT2D eigenvalue weighted by molar-refractivity contribution is -0.123. The normalized spacial score (nSPS) is 17.2. The van der Waals surface area contributed by atoms with Crippen LogP contribution in [0, 0.1) is 6.92 Å². The van der Waals surface area contributed by atoms with E-state index in [-0.39, 0.29) is 18.0 Å². The third-order valence-electron chi connectivity index (χ3n) is 4.44. The average molecular weight is 409 g/mol. The number of aryl methyl sites for hydroxylation is 1. The monoisotopic (exact) mass is 408 g/mol. The van der Waals surface area contributed by atoms with Crippen molar-refractivity contribution in [1.29, 1.82) is 0 Å². The first-order valence-corrected chi connectivity index (χ1v) is 10.7.